The molecular formula is C9H10N2O. The molecule has 0 spiro atoms. The predicted octanol–water partition coefficient (Wildman–Crippen LogP) is 1.21. The number of hydrogen-bond acceptors (Lipinski definition) is 3. The second kappa shape index (κ2) is 2.95. The number of nitrogens with two attached hydrogens (primary N) is 1. The summed E-state index contributed by atoms with van der Waals surface area (Å²) >= 11 is 0. The summed E-state index contributed by atoms with van der Waals surface area (Å²) in [6, 6.07) is 7.86. The highest BCUT2D eigenvalue weighted by atomic mass is 16.5. The second-order valence-corrected chi connectivity index (χ2v) is 2.72. The van der Waals surface area contributed by atoms with Gasteiger partial charge < -0.3 is 10.5 Å². The molecule has 2 N–H and O–H groups in total. The maximum absolute atomic E-state index is 5.57. The number of fused-ring (bicyclic) bond motifs is 1. The van der Waals surface area contributed by atoms with Crippen LogP contribution in [-0.4, -0.2) is 12.4 Å². The van der Waals surface area contributed by atoms with E-state index in [1.54, 1.807) is 0 Å². The molecule has 2 rings (SSSR count). The van der Waals surface area contributed by atoms with E-state index in [9.17, 15) is 0 Å². The first-order chi connectivity index (χ1) is 5.86. The molecule has 0 saturated heterocycles. The number of ether oxygens (including phenoxy) is 1. The molecule has 1 aromatic rings. The number of rotatable bonds is 0. The third-order valence-corrected chi connectivity index (χ3v) is 1.76. The molecule has 3 nitrogen and oxygen atoms in total. The summed E-state index contributed by atoms with van der Waals surface area (Å²) in [4.78, 5) is 4.21. The summed E-state index contributed by atoms with van der Waals surface area (Å²) in [5, 5.41) is 0. The van der Waals surface area contributed by atoms with Gasteiger partial charge in [-0.15, -0.1) is 0 Å². The number of benzene rings is 1. The average molecular weight is 162 g/mol. The van der Waals surface area contributed by atoms with Crippen LogP contribution >= 0.6 is 0 Å². The zero-order valence-corrected chi connectivity index (χ0v) is 6.66. The molecule has 0 bridgehead atoms. The first-order valence-corrected chi connectivity index (χ1v) is 3.85. The van der Waals surface area contributed by atoms with Crippen molar-refractivity contribution < 1.29 is 4.74 Å². The van der Waals surface area contributed by atoms with Gasteiger partial charge in [0, 0.05) is 5.56 Å². The van der Waals surface area contributed by atoms with Gasteiger partial charge in [0.1, 0.15) is 12.4 Å². The molecule has 0 aliphatic carbocycles. The van der Waals surface area contributed by atoms with Crippen LogP contribution in [0.5, 0.6) is 0 Å². The Morgan fingerprint density at radius 2 is 2.08 bits per heavy atom. The third-order valence-electron chi connectivity index (χ3n) is 1.76. The second-order valence-electron chi connectivity index (χ2n) is 2.72. The smallest absolute Gasteiger partial charge is 0.126 e. The van der Waals surface area contributed by atoms with Gasteiger partial charge in [0.2, 0.25) is 0 Å². The molecule has 62 valence electrons. The average Bonchev–Trinajstić information content (AvgIpc) is 2.25. The molecule has 0 radical (unpaired) electrons. The third kappa shape index (κ3) is 1.31. The van der Waals surface area contributed by atoms with Crippen molar-refractivity contribution in [3.63, 3.8) is 0 Å². The lowest BCUT2D eigenvalue weighted by Gasteiger charge is -1.99. The standard InChI is InChI=1S/C9H10N2O/c10-9-6-12-5-7-3-1-2-4-8(7)11-9/h1-4H,5-6H2,(H2,10,11). The van der Waals surface area contributed by atoms with Gasteiger partial charge in [-0.05, 0) is 6.07 Å². The van der Waals surface area contributed by atoms with Crippen molar-refractivity contribution >= 4 is 11.5 Å². The van der Waals surface area contributed by atoms with Crippen molar-refractivity contribution in [2.24, 2.45) is 10.7 Å². The summed E-state index contributed by atoms with van der Waals surface area (Å²) in [5.41, 5.74) is 7.59. The molecule has 0 saturated carbocycles. The van der Waals surface area contributed by atoms with Gasteiger partial charge in [0.05, 0.1) is 12.3 Å². The Labute approximate surface area is 70.9 Å². The fraction of sp³-hybridized carbons (Fsp3) is 0.222. The van der Waals surface area contributed by atoms with Crippen LogP contribution in [0.4, 0.5) is 5.69 Å². The van der Waals surface area contributed by atoms with Crippen molar-refractivity contribution in [3.8, 4) is 0 Å². The Kier molecular flexibility index (Phi) is 1.80. The molecule has 12 heavy (non-hydrogen) atoms. The molecule has 0 amide bonds. The lowest BCUT2D eigenvalue weighted by Crippen LogP contribution is -2.16. The lowest BCUT2D eigenvalue weighted by atomic mass is 10.2. The van der Waals surface area contributed by atoms with E-state index >= 15 is 0 Å². The molecule has 0 aromatic heterocycles. The van der Waals surface area contributed by atoms with Gasteiger partial charge in [0.15, 0.2) is 0 Å². The van der Waals surface area contributed by atoms with E-state index < -0.39 is 0 Å². The van der Waals surface area contributed by atoms with E-state index in [4.69, 9.17) is 10.5 Å². The first-order valence-electron chi connectivity index (χ1n) is 3.85. The summed E-state index contributed by atoms with van der Waals surface area (Å²) in [6.07, 6.45) is 0. The van der Waals surface area contributed by atoms with Crippen LogP contribution in [0.15, 0.2) is 29.3 Å². The minimum Gasteiger partial charge on any atom is -0.385 e. The highest BCUT2D eigenvalue weighted by molar-refractivity contribution is 5.85. The van der Waals surface area contributed by atoms with E-state index in [2.05, 4.69) is 4.99 Å². The molecule has 3 heteroatoms. The van der Waals surface area contributed by atoms with Crippen LogP contribution in [-0.2, 0) is 11.3 Å². The van der Waals surface area contributed by atoms with E-state index in [0.29, 0.717) is 19.0 Å². The number of aliphatic imine (C=N–C) groups is 1. The largest absolute Gasteiger partial charge is 0.385 e. The number of para-hydroxylation sites is 1. The maximum atomic E-state index is 5.57. The van der Waals surface area contributed by atoms with Gasteiger partial charge >= 0.3 is 0 Å². The molecular weight excluding hydrogens is 152 g/mol. The van der Waals surface area contributed by atoms with Gasteiger partial charge in [-0.25, -0.2) is 4.99 Å². The quantitative estimate of drug-likeness (QED) is 0.623. The lowest BCUT2D eigenvalue weighted by molar-refractivity contribution is 0.159. The van der Waals surface area contributed by atoms with Crippen molar-refractivity contribution in [1.29, 1.82) is 0 Å². The van der Waals surface area contributed by atoms with Gasteiger partial charge in [0.25, 0.3) is 0 Å². The van der Waals surface area contributed by atoms with E-state index in [1.807, 2.05) is 24.3 Å². The highest BCUT2D eigenvalue weighted by Gasteiger charge is 2.06. The Hall–Kier alpha value is -1.35. The van der Waals surface area contributed by atoms with Gasteiger partial charge in [-0.2, -0.15) is 0 Å². The van der Waals surface area contributed by atoms with Crippen LogP contribution < -0.4 is 5.73 Å². The van der Waals surface area contributed by atoms with Gasteiger partial charge in [-0.3, -0.25) is 0 Å². The molecule has 0 fully saturated rings. The van der Waals surface area contributed by atoms with Crippen molar-refractivity contribution in [2.75, 3.05) is 6.61 Å². The molecule has 1 aromatic carbocycles. The SMILES string of the molecule is NC1=Nc2ccccc2COC1. The minimum atomic E-state index is 0.425. The highest BCUT2D eigenvalue weighted by Crippen LogP contribution is 2.21. The Morgan fingerprint density at radius 1 is 1.25 bits per heavy atom. The fourth-order valence-corrected chi connectivity index (χ4v) is 1.19. The number of amidine groups is 1. The van der Waals surface area contributed by atoms with Crippen molar-refractivity contribution in [2.45, 2.75) is 6.61 Å². The zero-order valence-electron chi connectivity index (χ0n) is 6.66. The number of nitrogens with zero attached hydrogens (tertiary/aromatic N) is 1. The zero-order chi connectivity index (χ0) is 8.39. The molecule has 1 heterocycles. The van der Waals surface area contributed by atoms with Crippen molar-refractivity contribution in [3.05, 3.63) is 29.8 Å². The molecule has 0 unspecified atom stereocenters. The van der Waals surface area contributed by atoms with Crippen LogP contribution in [0.1, 0.15) is 5.56 Å². The monoisotopic (exact) mass is 162 g/mol. The molecule has 1 aliphatic heterocycles. The van der Waals surface area contributed by atoms with E-state index in [0.717, 1.165) is 11.3 Å². The Balaban J connectivity index is 2.47. The Morgan fingerprint density at radius 3 is 3.00 bits per heavy atom. The molecule has 1 aliphatic rings. The number of hydrogen-bond donors (Lipinski definition) is 1. The predicted molar refractivity (Wildman–Crippen MR) is 47.4 cm³/mol. The first kappa shape index (κ1) is 7.31. The maximum Gasteiger partial charge on any atom is 0.126 e. The van der Waals surface area contributed by atoms with Crippen molar-refractivity contribution in [1.82, 2.24) is 0 Å². The summed E-state index contributed by atoms with van der Waals surface area (Å²) in [5.74, 6) is 0.542. The van der Waals surface area contributed by atoms with Crippen LogP contribution in [0.3, 0.4) is 0 Å². The van der Waals surface area contributed by atoms with Crippen LogP contribution in [0.25, 0.3) is 0 Å². The van der Waals surface area contributed by atoms with Crippen LogP contribution in [0.2, 0.25) is 0 Å². The topological polar surface area (TPSA) is 47.6 Å². The van der Waals surface area contributed by atoms with E-state index in [1.165, 1.54) is 0 Å². The normalized spacial score (nSPS) is 16.2. The van der Waals surface area contributed by atoms with Gasteiger partial charge in [-0.1, -0.05) is 18.2 Å². The van der Waals surface area contributed by atoms with Crippen LogP contribution in [0, 0.1) is 0 Å². The summed E-state index contributed by atoms with van der Waals surface area (Å²) < 4.78 is 5.28. The Bertz CT molecular complexity index is 320. The summed E-state index contributed by atoms with van der Waals surface area (Å²) in [6.45, 7) is 1.02. The van der Waals surface area contributed by atoms with E-state index in [-0.39, 0.29) is 0 Å². The fourth-order valence-electron chi connectivity index (χ4n) is 1.19. The minimum absolute atomic E-state index is 0.425. The summed E-state index contributed by atoms with van der Waals surface area (Å²) in [7, 11) is 0. The molecule has 0 atom stereocenters.